The van der Waals surface area contributed by atoms with Gasteiger partial charge in [0.05, 0.1) is 10.0 Å². The van der Waals surface area contributed by atoms with Gasteiger partial charge in [-0.25, -0.2) is 0 Å². The summed E-state index contributed by atoms with van der Waals surface area (Å²) < 4.78 is 1.07. The molecule has 0 radical (unpaired) electrons. The van der Waals surface area contributed by atoms with E-state index < -0.39 is 0 Å². The summed E-state index contributed by atoms with van der Waals surface area (Å²) in [4.78, 5) is 0. The molecule has 2 rings (SSSR count). The van der Waals surface area contributed by atoms with Crippen molar-refractivity contribution in [1.82, 2.24) is 0 Å². The number of nitrogens with two attached hydrogens (primary N) is 1. The highest BCUT2D eigenvalue weighted by atomic mass is 79.9. The van der Waals surface area contributed by atoms with Crippen LogP contribution in [-0.2, 0) is 6.42 Å². The monoisotopic (exact) mass is 357 g/mol. The molecule has 0 saturated heterocycles. The Hall–Kier alpha value is -0.540. The van der Waals surface area contributed by atoms with Crippen molar-refractivity contribution in [3.63, 3.8) is 0 Å². The van der Waals surface area contributed by atoms with Crippen LogP contribution in [0.15, 0.2) is 40.9 Å². The van der Waals surface area contributed by atoms with E-state index in [-0.39, 0.29) is 6.04 Å². The number of benzene rings is 2. The third-order valence-electron chi connectivity index (χ3n) is 3.06. The molecule has 0 spiro atoms. The molecule has 0 fully saturated rings. The largest absolute Gasteiger partial charge is 0.324 e. The van der Waals surface area contributed by atoms with Crippen LogP contribution >= 0.6 is 39.1 Å². The lowest BCUT2D eigenvalue weighted by Gasteiger charge is -2.15. The maximum atomic E-state index is 6.28. The maximum absolute atomic E-state index is 6.28. The van der Waals surface area contributed by atoms with Crippen molar-refractivity contribution in [2.75, 3.05) is 0 Å². The molecule has 100 valence electrons. The van der Waals surface area contributed by atoms with Crippen LogP contribution in [0.5, 0.6) is 0 Å². The first-order chi connectivity index (χ1) is 8.99. The molecule has 0 saturated carbocycles. The van der Waals surface area contributed by atoms with E-state index >= 15 is 0 Å². The van der Waals surface area contributed by atoms with Crippen molar-refractivity contribution >= 4 is 39.1 Å². The summed E-state index contributed by atoms with van der Waals surface area (Å²) in [5, 5.41) is 1.13. The summed E-state index contributed by atoms with van der Waals surface area (Å²) >= 11 is 15.5. The molecule has 2 aromatic rings. The molecule has 0 bridgehead atoms. The zero-order valence-electron chi connectivity index (χ0n) is 10.5. The Labute approximate surface area is 131 Å². The van der Waals surface area contributed by atoms with E-state index in [0.29, 0.717) is 10.0 Å². The number of hydrogen-bond acceptors (Lipinski definition) is 1. The van der Waals surface area contributed by atoms with E-state index in [1.165, 1.54) is 5.56 Å². The fourth-order valence-electron chi connectivity index (χ4n) is 1.99. The average Bonchev–Trinajstić information content (AvgIpc) is 2.37. The average molecular weight is 359 g/mol. The van der Waals surface area contributed by atoms with Crippen LogP contribution in [0.3, 0.4) is 0 Å². The first-order valence-corrected chi connectivity index (χ1v) is 7.48. The Morgan fingerprint density at radius 2 is 1.89 bits per heavy atom. The standard InChI is InChI=1S/C15H14BrCl2N/c1-9-3-2-4-11(15(9)16)14(19)8-10-5-6-12(17)13(18)7-10/h2-7,14H,8,19H2,1H3. The van der Waals surface area contributed by atoms with Crippen molar-refractivity contribution in [1.29, 1.82) is 0 Å². The molecule has 0 aromatic heterocycles. The van der Waals surface area contributed by atoms with E-state index in [9.17, 15) is 0 Å². The number of rotatable bonds is 3. The zero-order chi connectivity index (χ0) is 14.0. The Balaban J connectivity index is 2.23. The quantitative estimate of drug-likeness (QED) is 0.790. The van der Waals surface area contributed by atoms with Gasteiger partial charge in [-0.1, -0.05) is 63.4 Å². The van der Waals surface area contributed by atoms with Gasteiger partial charge in [0.1, 0.15) is 0 Å². The van der Waals surface area contributed by atoms with Gasteiger partial charge in [-0.05, 0) is 42.2 Å². The summed E-state index contributed by atoms with van der Waals surface area (Å²) in [6, 6.07) is 11.7. The molecule has 1 atom stereocenters. The third-order valence-corrected chi connectivity index (χ3v) is 4.88. The van der Waals surface area contributed by atoms with Crippen LogP contribution in [0.2, 0.25) is 10.0 Å². The highest BCUT2D eigenvalue weighted by molar-refractivity contribution is 9.10. The third kappa shape index (κ3) is 3.51. The molecule has 0 heterocycles. The number of aryl methyl sites for hydroxylation is 1. The first-order valence-electron chi connectivity index (χ1n) is 5.93. The van der Waals surface area contributed by atoms with Crippen molar-refractivity contribution in [2.45, 2.75) is 19.4 Å². The predicted octanol–water partition coefficient (Wildman–Crippen LogP) is 5.31. The van der Waals surface area contributed by atoms with Crippen LogP contribution in [0.1, 0.15) is 22.7 Å². The smallest absolute Gasteiger partial charge is 0.0595 e. The Morgan fingerprint density at radius 3 is 2.58 bits per heavy atom. The topological polar surface area (TPSA) is 26.0 Å². The van der Waals surface area contributed by atoms with Gasteiger partial charge in [-0.15, -0.1) is 0 Å². The number of halogens is 3. The minimum Gasteiger partial charge on any atom is -0.324 e. The molecule has 2 N–H and O–H groups in total. The minimum absolute atomic E-state index is 0.0773. The van der Waals surface area contributed by atoms with Gasteiger partial charge >= 0.3 is 0 Å². The molecule has 0 aliphatic rings. The fourth-order valence-corrected chi connectivity index (χ4v) is 2.87. The molecule has 0 aliphatic heterocycles. The van der Waals surface area contributed by atoms with E-state index in [4.69, 9.17) is 28.9 Å². The SMILES string of the molecule is Cc1cccc(C(N)Cc2ccc(Cl)c(Cl)c2)c1Br. The van der Waals surface area contributed by atoms with Gasteiger partial charge in [-0.2, -0.15) is 0 Å². The van der Waals surface area contributed by atoms with E-state index in [1.54, 1.807) is 6.07 Å². The zero-order valence-corrected chi connectivity index (χ0v) is 13.6. The Bertz CT molecular complexity index is 599. The normalized spacial score (nSPS) is 12.5. The maximum Gasteiger partial charge on any atom is 0.0595 e. The van der Waals surface area contributed by atoms with Gasteiger partial charge in [0.25, 0.3) is 0 Å². The summed E-state index contributed by atoms with van der Waals surface area (Å²) in [7, 11) is 0. The summed E-state index contributed by atoms with van der Waals surface area (Å²) in [6.45, 7) is 2.06. The van der Waals surface area contributed by atoms with Crippen molar-refractivity contribution in [3.8, 4) is 0 Å². The van der Waals surface area contributed by atoms with Crippen LogP contribution in [0.4, 0.5) is 0 Å². The first kappa shape index (κ1) is 14.9. The van der Waals surface area contributed by atoms with E-state index in [1.807, 2.05) is 24.3 Å². The predicted molar refractivity (Wildman–Crippen MR) is 86.0 cm³/mol. The molecular weight excluding hydrogens is 345 g/mol. The molecule has 1 nitrogen and oxygen atoms in total. The van der Waals surface area contributed by atoms with Gasteiger partial charge in [0.2, 0.25) is 0 Å². The second-order valence-corrected chi connectivity index (χ2v) is 6.14. The van der Waals surface area contributed by atoms with Crippen LogP contribution in [0, 0.1) is 6.92 Å². The molecule has 2 aromatic carbocycles. The van der Waals surface area contributed by atoms with E-state index in [0.717, 1.165) is 22.0 Å². The molecule has 19 heavy (non-hydrogen) atoms. The molecule has 1 unspecified atom stereocenters. The van der Waals surface area contributed by atoms with Gasteiger partial charge in [-0.3, -0.25) is 0 Å². The summed E-state index contributed by atoms with van der Waals surface area (Å²) in [5.41, 5.74) is 9.64. The van der Waals surface area contributed by atoms with Crippen molar-refractivity contribution < 1.29 is 0 Å². The highest BCUT2D eigenvalue weighted by Crippen LogP contribution is 2.29. The van der Waals surface area contributed by atoms with Gasteiger partial charge in [0.15, 0.2) is 0 Å². The Kier molecular flexibility index (Phi) is 4.91. The minimum atomic E-state index is -0.0773. The van der Waals surface area contributed by atoms with E-state index in [2.05, 4.69) is 28.9 Å². The highest BCUT2D eigenvalue weighted by Gasteiger charge is 2.12. The second kappa shape index (κ2) is 6.27. The molecule has 0 amide bonds. The summed E-state index contributed by atoms with van der Waals surface area (Å²) in [5.74, 6) is 0. The molecule has 0 aliphatic carbocycles. The van der Waals surface area contributed by atoms with Crippen molar-refractivity contribution in [2.24, 2.45) is 5.73 Å². The summed E-state index contributed by atoms with van der Waals surface area (Å²) in [6.07, 6.45) is 0.721. The molecular formula is C15H14BrCl2N. The second-order valence-electron chi connectivity index (χ2n) is 4.54. The molecule has 4 heteroatoms. The van der Waals surface area contributed by atoms with Gasteiger partial charge in [0, 0.05) is 10.5 Å². The lowest BCUT2D eigenvalue weighted by atomic mass is 9.98. The number of hydrogen-bond donors (Lipinski definition) is 1. The van der Waals surface area contributed by atoms with Crippen LogP contribution in [-0.4, -0.2) is 0 Å². The van der Waals surface area contributed by atoms with Crippen LogP contribution < -0.4 is 5.73 Å². The lowest BCUT2D eigenvalue weighted by Crippen LogP contribution is -2.14. The van der Waals surface area contributed by atoms with Crippen molar-refractivity contribution in [3.05, 3.63) is 67.6 Å². The lowest BCUT2D eigenvalue weighted by molar-refractivity contribution is 0.717. The van der Waals surface area contributed by atoms with Gasteiger partial charge < -0.3 is 5.73 Å². The Morgan fingerprint density at radius 1 is 1.16 bits per heavy atom. The fraction of sp³-hybridized carbons (Fsp3) is 0.200. The van der Waals surface area contributed by atoms with Crippen LogP contribution in [0.25, 0.3) is 0 Å².